The van der Waals surface area contributed by atoms with Crippen LogP contribution in [0.15, 0.2) is 12.1 Å². The maximum atomic E-state index is 13.9. The van der Waals surface area contributed by atoms with Gasteiger partial charge in [0, 0.05) is 44.8 Å². The van der Waals surface area contributed by atoms with Gasteiger partial charge in [-0.15, -0.1) is 0 Å². The molecule has 2 amide bonds. The first-order valence-corrected chi connectivity index (χ1v) is 12.4. The number of rotatable bonds is 11. The first-order valence-electron chi connectivity index (χ1n) is 11.3. The van der Waals surface area contributed by atoms with Crippen LogP contribution in [0.5, 0.6) is 5.88 Å². The number of benzene rings is 1. The summed E-state index contributed by atoms with van der Waals surface area (Å²) < 4.78 is 36.7. The van der Waals surface area contributed by atoms with E-state index in [4.69, 9.17) is 16.3 Å². The van der Waals surface area contributed by atoms with E-state index in [-0.39, 0.29) is 23.0 Å². The Morgan fingerprint density at radius 3 is 2.64 bits per heavy atom. The SMILES string of the molecule is CN1CCN(CCC(O)CCNC(=O)Nc2snc(OCc3cc(F)c(Cl)cc3F)c2C(=O)O)CC1. The van der Waals surface area contributed by atoms with Crippen molar-refractivity contribution < 1.29 is 33.3 Å². The summed E-state index contributed by atoms with van der Waals surface area (Å²) in [5, 5.41) is 24.2. The van der Waals surface area contributed by atoms with E-state index in [1.54, 1.807) is 0 Å². The van der Waals surface area contributed by atoms with Crippen molar-refractivity contribution in [1.82, 2.24) is 19.5 Å². The average molecular weight is 548 g/mol. The molecule has 1 atom stereocenters. The molecule has 198 valence electrons. The Balaban J connectivity index is 1.46. The lowest BCUT2D eigenvalue weighted by atomic mass is 10.1. The van der Waals surface area contributed by atoms with Gasteiger partial charge in [0.05, 0.1) is 11.1 Å². The molecule has 1 saturated heterocycles. The fourth-order valence-electron chi connectivity index (χ4n) is 3.52. The van der Waals surface area contributed by atoms with Gasteiger partial charge in [-0.2, -0.15) is 4.37 Å². The zero-order valence-corrected chi connectivity index (χ0v) is 21.2. The van der Waals surface area contributed by atoms with Crippen LogP contribution < -0.4 is 15.4 Å². The number of halogens is 3. The molecular formula is C22H28ClF2N5O5S. The third-order valence-corrected chi connectivity index (χ3v) is 6.73. The van der Waals surface area contributed by atoms with Gasteiger partial charge in [-0.3, -0.25) is 5.32 Å². The molecule has 2 aromatic rings. The molecule has 4 N–H and O–H groups in total. The number of aliphatic hydroxyl groups excluding tert-OH is 1. The van der Waals surface area contributed by atoms with Gasteiger partial charge < -0.3 is 30.1 Å². The van der Waals surface area contributed by atoms with Gasteiger partial charge in [-0.25, -0.2) is 18.4 Å². The van der Waals surface area contributed by atoms with Crippen LogP contribution in [-0.2, 0) is 6.61 Å². The number of piperazine rings is 1. The number of aromatic carboxylic acids is 1. The molecule has 1 aromatic heterocycles. The quantitative estimate of drug-likeness (QED) is 0.316. The van der Waals surface area contributed by atoms with Crippen molar-refractivity contribution in [3.05, 3.63) is 39.9 Å². The molecule has 0 bridgehead atoms. The highest BCUT2D eigenvalue weighted by molar-refractivity contribution is 7.11. The lowest BCUT2D eigenvalue weighted by molar-refractivity contribution is 0.0693. The van der Waals surface area contributed by atoms with E-state index in [1.165, 1.54) is 0 Å². The highest BCUT2D eigenvalue weighted by Gasteiger charge is 2.24. The highest BCUT2D eigenvalue weighted by Crippen LogP contribution is 2.31. The Labute approximate surface area is 216 Å². The second-order valence-corrected chi connectivity index (χ2v) is 9.58. The number of aliphatic hydroxyl groups is 1. The number of anilines is 1. The topological polar surface area (TPSA) is 127 Å². The van der Waals surface area contributed by atoms with Crippen LogP contribution in [0.25, 0.3) is 0 Å². The number of carbonyl (C=O) groups excluding carboxylic acids is 1. The molecule has 14 heteroatoms. The number of ether oxygens (including phenoxy) is 1. The molecule has 1 unspecified atom stereocenters. The predicted molar refractivity (Wildman–Crippen MR) is 131 cm³/mol. The van der Waals surface area contributed by atoms with Crippen molar-refractivity contribution in [2.75, 3.05) is 51.6 Å². The number of urea groups is 1. The molecule has 0 aliphatic carbocycles. The largest absolute Gasteiger partial charge is 0.477 e. The van der Waals surface area contributed by atoms with Crippen LogP contribution in [-0.4, -0.2) is 88.8 Å². The monoisotopic (exact) mass is 547 g/mol. The molecule has 3 rings (SSSR count). The van der Waals surface area contributed by atoms with Crippen LogP contribution in [0.3, 0.4) is 0 Å². The third-order valence-electron chi connectivity index (χ3n) is 5.69. The third kappa shape index (κ3) is 7.96. The fraction of sp³-hybridized carbons (Fsp3) is 0.500. The summed E-state index contributed by atoms with van der Waals surface area (Å²) in [6.07, 6.45) is 0.345. The summed E-state index contributed by atoms with van der Waals surface area (Å²) in [5.41, 5.74) is -0.600. The van der Waals surface area contributed by atoms with E-state index in [0.29, 0.717) is 24.4 Å². The molecule has 1 fully saturated rings. The molecule has 0 radical (unpaired) electrons. The summed E-state index contributed by atoms with van der Waals surface area (Å²) in [6, 6.07) is 0.955. The summed E-state index contributed by atoms with van der Waals surface area (Å²) in [4.78, 5) is 28.5. The molecule has 10 nitrogen and oxygen atoms in total. The van der Waals surface area contributed by atoms with E-state index in [1.807, 2.05) is 0 Å². The van der Waals surface area contributed by atoms with Crippen molar-refractivity contribution in [3.63, 3.8) is 0 Å². The number of hydrogen-bond acceptors (Lipinski definition) is 8. The molecule has 36 heavy (non-hydrogen) atoms. The molecule has 2 heterocycles. The number of aromatic nitrogens is 1. The minimum absolute atomic E-state index is 0.0895. The number of nitrogens with one attached hydrogen (secondary N) is 2. The maximum absolute atomic E-state index is 13.9. The number of carboxylic acids is 1. The lowest BCUT2D eigenvalue weighted by Crippen LogP contribution is -2.45. The van der Waals surface area contributed by atoms with Crippen LogP contribution >= 0.6 is 23.1 Å². The first-order chi connectivity index (χ1) is 17.1. The van der Waals surface area contributed by atoms with Crippen LogP contribution in [0, 0.1) is 11.6 Å². The molecule has 1 aliphatic heterocycles. The predicted octanol–water partition coefficient (Wildman–Crippen LogP) is 2.86. The van der Waals surface area contributed by atoms with Crippen molar-refractivity contribution >= 4 is 40.1 Å². The lowest BCUT2D eigenvalue weighted by Gasteiger charge is -2.32. The van der Waals surface area contributed by atoms with Crippen LogP contribution in [0.2, 0.25) is 5.02 Å². The highest BCUT2D eigenvalue weighted by atomic mass is 35.5. The molecular weight excluding hydrogens is 520 g/mol. The van der Waals surface area contributed by atoms with Gasteiger partial charge in [0.1, 0.15) is 23.2 Å². The summed E-state index contributed by atoms with van der Waals surface area (Å²) >= 11 is 6.19. The van der Waals surface area contributed by atoms with Gasteiger partial charge in [-0.1, -0.05) is 11.6 Å². The van der Waals surface area contributed by atoms with Crippen LogP contribution in [0.1, 0.15) is 28.8 Å². The maximum Gasteiger partial charge on any atom is 0.344 e. The number of carboxylic acid groups (broad SMARTS) is 1. The van der Waals surface area contributed by atoms with E-state index < -0.39 is 46.9 Å². The number of carbonyl (C=O) groups is 2. The zero-order valence-electron chi connectivity index (χ0n) is 19.6. The van der Waals surface area contributed by atoms with Crippen molar-refractivity contribution in [2.45, 2.75) is 25.6 Å². The van der Waals surface area contributed by atoms with Gasteiger partial charge >= 0.3 is 12.0 Å². The van der Waals surface area contributed by atoms with Crippen LogP contribution in [0.4, 0.5) is 18.6 Å². The van der Waals surface area contributed by atoms with Crippen molar-refractivity contribution in [3.8, 4) is 5.88 Å². The first kappa shape index (κ1) is 28.0. The number of nitrogens with zero attached hydrogens (tertiary/aromatic N) is 3. The summed E-state index contributed by atoms with van der Waals surface area (Å²) in [6.45, 7) is 4.38. The Kier molecular flexibility index (Phi) is 10.2. The second-order valence-electron chi connectivity index (χ2n) is 8.40. The van der Waals surface area contributed by atoms with Gasteiger partial charge in [0.2, 0.25) is 5.88 Å². The van der Waals surface area contributed by atoms with Crippen molar-refractivity contribution in [2.24, 2.45) is 0 Å². The second kappa shape index (κ2) is 13.1. The smallest absolute Gasteiger partial charge is 0.344 e. The fourth-order valence-corrected chi connectivity index (χ4v) is 4.39. The minimum Gasteiger partial charge on any atom is -0.477 e. The Morgan fingerprint density at radius 1 is 1.22 bits per heavy atom. The Morgan fingerprint density at radius 2 is 1.94 bits per heavy atom. The standard InChI is InChI=1S/C22H28ClF2N5O5S/c1-29-6-8-30(9-7-29)5-3-14(31)2-4-26-22(34)27-20-18(21(32)33)19(28-36-20)35-12-13-10-17(25)15(23)11-16(13)24/h10-11,14,31H,2-9,12H2,1H3,(H,32,33)(H2,26,27,34). The van der Waals surface area contributed by atoms with Gasteiger partial charge in [0.25, 0.3) is 0 Å². The normalized spacial score (nSPS) is 15.5. The number of amides is 2. The van der Waals surface area contributed by atoms with Gasteiger partial charge in [-0.05, 0) is 43.6 Å². The molecule has 1 aliphatic rings. The Hall–Kier alpha value is -2.58. The van der Waals surface area contributed by atoms with E-state index in [2.05, 4.69) is 31.9 Å². The van der Waals surface area contributed by atoms with E-state index >= 15 is 0 Å². The summed E-state index contributed by atoms with van der Waals surface area (Å²) in [5.74, 6) is -3.44. The van der Waals surface area contributed by atoms with E-state index in [9.17, 15) is 28.6 Å². The molecule has 0 saturated carbocycles. The number of hydrogen-bond donors (Lipinski definition) is 4. The van der Waals surface area contributed by atoms with Crippen molar-refractivity contribution in [1.29, 1.82) is 0 Å². The zero-order chi connectivity index (χ0) is 26.2. The molecule has 1 aromatic carbocycles. The summed E-state index contributed by atoms with van der Waals surface area (Å²) in [7, 11) is 2.08. The average Bonchev–Trinajstić information content (AvgIpc) is 3.22. The number of likely N-dealkylation sites (N-methyl/N-ethyl adjacent to an activating group) is 1. The van der Waals surface area contributed by atoms with E-state index in [0.717, 1.165) is 44.9 Å². The Bertz CT molecular complexity index is 1070. The molecule has 0 spiro atoms. The minimum atomic E-state index is -1.42. The van der Waals surface area contributed by atoms with Gasteiger partial charge in [0.15, 0.2) is 5.56 Å².